The number of hydrogen-bond donors (Lipinski definition) is 4. The van der Waals surface area contributed by atoms with Gasteiger partial charge in [-0.2, -0.15) is 4.98 Å². The van der Waals surface area contributed by atoms with E-state index in [0.717, 1.165) is 0 Å². The Balaban J connectivity index is 2.11. The van der Waals surface area contributed by atoms with Gasteiger partial charge >= 0.3 is 0 Å². The number of H-pyrrole nitrogens is 1. The number of anilines is 1. The van der Waals surface area contributed by atoms with Crippen molar-refractivity contribution in [2.45, 2.75) is 25.0 Å². The second-order valence-corrected chi connectivity index (χ2v) is 5.13. The Bertz CT molecular complexity index is 689. The van der Waals surface area contributed by atoms with Crippen molar-refractivity contribution in [1.29, 1.82) is 0 Å². The fourth-order valence-corrected chi connectivity index (χ4v) is 2.68. The van der Waals surface area contributed by atoms with Crippen LogP contribution >= 0.6 is 0 Å². The summed E-state index contributed by atoms with van der Waals surface area (Å²) in [5, 5.41) is 19.5. The number of nitrogens with one attached hydrogen (secondary N) is 1. The van der Waals surface area contributed by atoms with Crippen molar-refractivity contribution in [1.82, 2.24) is 19.5 Å². The van der Waals surface area contributed by atoms with Crippen molar-refractivity contribution in [3.05, 3.63) is 16.7 Å². The third kappa shape index (κ3) is 1.57. The van der Waals surface area contributed by atoms with Gasteiger partial charge < -0.3 is 20.5 Å². The van der Waals surface area contributed by atoms with Gasteiger partial charge in [0.2, 0.25) is 5.95 Å². The lowest BCUT2D eigenvalue weighted by atomic mass is 9.66. The molecule has 8 heteroatoms. The van der Waals surface area contributed by atoms with Crippen molar-refractivity contribution in [2.24, 2.45) is 5.92 Å². The predicted octanol–water partition coefficient (Wildman–Crippen LogP) is -0.994. The van der Waals surface area contributed by atoms with Crippen LogP contribution in [-0.4, -0.2) is 41.9 Å². The SMILES string of the molecule is C[C@@]1(O)[C@@H](CO)C[C@H]1n1cnc2c(=O)[nH]c(N)nc21. The Kier molecular flexibility index (Phi) is 2.41. The van der Waals surface area contributed by atoms with Gasteiger partial charge in [-0.05, 0) is 13.3 Å². The number of fused-ring (bicyclic) bond motifs is 1. The highest BCUT2D eigenvalue weighted by Crippen LogP contribution is 2.47. The van der Waals surface area contributed by atoms with E-state index in [1.54, 1.807) is 11.5 Å². The summed E-state index contributed by atoms with van der Waals surface area (Å²) in [6.07, 6.45) is 2.07. The van der Waals surface area contributed by atoms with E-state index in [0.29, 0.717) is 12.1 Å². The monoisotopic (exact) mass is 265 g/mol. The van der Waals surface area contributed by atoms with Gasteiger partial charge in [0.1, 0.15) is 0 Å². The minimum absolute atomic E-state index is 0.0110. The summed E-state index contributed by atoms with van der Waals surface area (Å²) in [5.74, 6) is -0.175. The van der Waals surface area contributed by atoms with Crippen LogP contribution in [0, 0.1) is 5.92 Å². The quantitative estimate of drug-likeness (QED) is 0.551. The highest BCUT2D eigenvalue weighted by atomic mass is 16.3. The van der Waals surface area contributed by atoms with E-state index in [1.807, 2.05) is 0 Å². The van der Waals surface area contributed by atoms with Gasteiger partial charge in [0.15, 0.2) is 11.2 Å². The van der Waals surface area contributed by atoms with Crippen molar-refractivity contribution >= 4 is 17.1 Å². The van der Waals surface area contributed by atoms with Crippen LogP contribution in [0.15, 0.2) is 11.1 Å². The van der Waals surface area contributed by atoms with Crippen LogP contribution in [0.1, 0.15) is 19.4 Å². The number of imidazole rings is 1. The molecule has 0 spiro atoms. The number of aliphatic hydroxyl groups is 2. The second-order valence-electron chi connectivity index (χ2n) is 5.13. The smallest absolute Gasteiger partial charge is 0.280 e. The molecule has 0 unspecified atom stereocenters. The van der Waals surface area contributed by atoms with E-state index in [-0.39, 0.29) is 30.0 Å². The lowest BCUT2D eigenvalue weighted by molar-refractivity contribution is -0.141. The number of hydrogen-bond acceptors (Lipinski definition) is 6. The fourth-order valence-electron chi connectivity index (χ4n) is 2.68. The van der Waals surface area contributed by atoms with Crippen LogP contribution < -0.4 is 11.3 Å². The Morgan fingerprint density at radius 1 is 1.68 bits per heavy atom. The lowest BCUT2D eigenvalue weighted by Gasteiger charge is -2.50. The van der Waals surface area contributed by atoms with Crippen LogP contribution in [0.5, 0.6) is 0 Å². The highest BCUT2D eigenvalue weighted by molar-refractivity contribution is 5.70. The van der Waals surface area contributed by atoms with Crippen LogP contribution in [-0.2, 0) is 0 Å². The molecule has 3 rings (SSSR count). The maximum absolute atomic E-state index is 11.7. The summed E-state index contributed by atoms with van der Waals surface area (Å²) in [4.78, 5) is 22.1. The number of aliphatic hydroxyl groups excluding tert-OH is 1. The molecule has 1 saturated carbocycles. The molecule has 19 heavy (non-hydrogen) atoms. The topological polar surface area (TPSA) is 130 Å². The summed E-state index contributed by atoms with van der Waals surface area (Å²) in [5.41, 5.74) is 4.61. The van der Waals surface area contributed by atoms with Crippen molar-refractivity contribution < 1.29 is 10.2 Å². The van der Waals surface area contributed by atoms with Crippen LogP contribution in [0.2, 0.25) is 0 Å². The molecule has 0 bridgehead atoms. The molecule has 0 aromatic carbocycles. The first-order chi connectivity index (χ1) is 8.95. The number of aromatic nitrogens is 4. The summed E-state index contributed by atoms with van der Waals surface area (Å²) < 4.78 is 1.65. The van der Waals surface area contributed by atoms with E-state index >= 15 is 0 Å². The molecular formula is C11H15N5O3. The van der Waals surface area contributed by atoms with Gasteiger partial charge in [-0.1, -0.05) is 0 Å². The summed E-state index contributed by atoms with van der Waals surface area (Å²) in [6.45, 7) is 1.58. The minimum Gasteiger partial charge on any atom is -0.396 e. The molecule has 3 atom stereocenters. The zero-order valence-electron chi connectivity index (χ0n) is 10.4. The number of nitrogen functional groups attached to an aromatic ring is 1. The number of aromatic amines is 1. The molecule has 1 aliphatic carbocycles. The molecule has 2 aromatic rings. The first kappa shape index (κ1) is 12.1. The molecule has 0 amide bonds. The minimum atomic E-state index is -1.05. The normalized spacial score (nSPS) is 30.5. The van der Waals surface area contributed by atoms with Gasteiger partial charge in [-0.25, -0.2) is 4.98 Å². The van der Waals surface area contributed by atoms with Crippen LogP contribution in [0.4, 0.5) is 5.95 Å². The average molecular weight is 265 g/mol. The zero-order chi connectivity index (χ0) is 13.8. The standard InChI is InChI=1S/C11H15N5O3/c1-11(19)5(3-17)2-6(11)16-4-13-7-8(16)14-10(12)15-9(7)18/h4-6,17,19H,2-3H2,1H3,(H3,12,14,15,18)/t5-,6-,11-/m1/s1. The maximum atomic E-state index is 11.7. The molecule has 0 saturated heterocycles. The summed E-state index contributed by atoms with van der Waals surface area (Å²) in [7, 11) is 0. The van der Waals surface area contributed by atoms with Crippen LogP contribution in [0.3, 0.4) is 0 Å². The van der Waals surface area contributed by atoms with Gasteiger partial charge in [-0.3, -0.25) is 9.78 Å². The number of rotatable bonds is 2. The Morgan fingerprint density at radius 2 is 2.42 bits per heavy atom. The lowest BCUT2D eigenvalue weighted by Crippen LogP contribution is -2.55. The van der Waals surface area contributed by atoms with E-state index in [2.05, 4.69) is 15.0 Å². The van der Waals surface area contributed by atoms with Gasteiger partial charge in [0.25, 0.3) is 5.56 Å². The highest BCUT2D eigenvalue weighted by Gasteiger charge is 2.51. The van der Waals surface area contributed by atoms with E-state index < -0.39 is 11.2 Å². The third-order valence-electron chi connectivity index (χ3n) is 4.02. The van der Waals surface area contributed by atoms with E-state index in [1.165, 1.54) is 6.33 Å². The van der Waals surface area contributed by atoms with E-state index in [9.17, 15) is 9.90 Å². The largest absolute Gasteiger partial charge is 0.396 e. The van der Waals surface area contributed by atoms with Gasteiger partial charge in [0.05, 0.1) is 18.0 Å². The third-order valence-corrected chi connectivity index (χ3v) is 4.02. The van der Waals surface area contributed by atoms with Gasteiger partial charge in [0, 0.05) is 12.5 Å². The first-order valence-electron chi connectivity index (χ1n) is 6.00. The molecular weight excluding hydrogens is 250 g/mol. The predicted molar refractivity (Wildman–Crippen MR) is 67.4 cm³/mol. The number of nitrogens with two attached hydrogens (primary N) is 1. The molecule has 2 heterocycles. The maximum Gasteiger partial charge on any atom is 0.280 e. The summed E-state index contributed by atoms with van der Waals surface area (Å²) in [6, 6.07) is -0.275. The molecule has 0 radical (unpaired) electrons. The van der Waals surface area contributed by atoms with Gasteiger partial charge in [-0.15, -0.1) is 0 Å². The Morgan fingerprint density at radius 3 is 3.05 bits per heavy atom. The van der Waals surface area contributed by atoms with Crippen LogP contribution in [0.25, 0.3) is 11.2 Å². The Hall–Kier alpha value is -1.93. The second kappa shape index (κ2) is 3.78. The molecule has 102 valence electrons. The summed E-state index contributed by atoms with van der Waals surface area (Å²) >= 11 is 0. The average Bonchev–Trinajstić information content (AvgIpc) is 2.72. The van der Waals surface area contributed by atoms with Crippen molar-refractivity contribution in [3.8, 4) is 0 Å². The molecule has 0 aliphatic heterocycles. The molecule has 1 fully saturated rings. The number of nitrogens with zero attached hydrogens (tertiary/aromatic N) is 3. The fraction of sp³-hybridized carbons (Fsp3) is 0.545. The Labute approximate surface area is 107 Å². The molecule has 1 aliphatic rings. The zero-order valence-corrected chi connectivity index (χ0v) is 10.4. The molecule has 8 nitrogen and oxygen atoms in total. The first-order valence-corrected chi connectivity index (χ1v) is 6.00. The van der Waals surface area contributed by atoms with E-state index in [4.69, 9.17) is 10.8 Å². The van der Waals surface area contributed by atoms with Crippen molar-refractivity contribution in [2.75, 3.05) is 12.3 Å². The molecule has 5 N–H and O–H groups in total. The molecule has 2 aromatic heterocycles. The van der Waals surface area contributed by atoms with Crippen molar-refractivity contribution in [3.63, 3.8) is 0 Å².